The standard InChI is InChI=1S/C13H19N3O3S/c1-8(9-3-4-9)16(2)13(19)14-6-5-11-15-10(7-20-11)12(17)18/h7-9H,3-6H2,1-2H3,(H,14,19)(H,17,18). The third kappa shape index (κ3) is 3.69. The van der Waals surface area contributed by atoms with E-state index < -0.39 is 5.97 Å². The van der Waals surface area contributed by atoms with Gasteiger partial charge in [0.05, 0.1) is 5.01 Å². The van der Waals surface area contributed by atoms with Crippen LogP contribution in [0.15, 0.2) is 5.38 Å². The van der Waals surface area contributed by atoms with Gasteiger partial charge in [0.2, 0.25) is 0 Å². The van der Waals surface area contributed by atoms with Crippen LogP contribution in [0, 0.1) is 5.92 Å². The summed E-state index contributed by atoms with van der Waals surface area (Å²) in [6.45, 7) is 2.53. The summed E-state index contributed by atoms with van der Waals surface area (Å²) in [4.78, 5) is 28.3. The Morgan fingerprint density at radius 1 is 1.60 bits per heavy atom. The summed E-state index contributed by atoms with van der Waals surface area (Å²) >= 11 is 1.30. The summed E-state index contributed by atoms with van der Waals surface area (Å²) in [6, 6.07) is 0.188. The van der Waals surface area contributed by atoms with E-state index in [1.165, 1.54) is 29.6 Å². The summed E-state index contributed by atoms with van der Waals surface area (Å²) in [7, 11) is 1.81. The molecule has 1 unspecified atom stereocenters. The van der Waals surface area contributed by atoms with E-state index in [1.807, 2.05) is 7.05 Å². The highest BCUT2D eigenvalue weighted by atomic mass is 32.1. The van der Waals surface area contributed by atoms with Crippen molar-refractivity contribution in [1.29, 1.82) is 0 Å². The molecule has 1 aliphatic rings. The normalized spacial score (nSPS) is 15.7. The van der Waals surface area contributed by atoms with Crippen molar-refractivity contribution >= 4 is 23.3 Å². The molecule has 7 heteroatoms. The smallest absolute Gasteiger partial charge is 0.355 e. The molecule has 1 fully saturated rings. The van der Waals surface area contributed by atoms with E-state index in [-0.39, 0.29) is 17.8 Å². The second-order valence-electron chi connectivity index (χ2n) is 5.10. The van der Waals surface area contributed by atoms with Crippen LogP contribution in [0.3, 0.4) is 0 Å². The minimum atomic E-state index is -1.02. The maximum absolute atomic E-state index is 11.9. The Morgan fingerprint density at radius 3 is 2.85 bits per heavy atom. The van der Waals surface area contributed by atoms with Crippen molar-refractivity contribution in [3.63, 3.8) is 0 Å². The first kappa shape index (κ1) is 14.8. The molecule has 2 rings (SSSR count). The molecule has 1 atom stereocenters. The van der Waals surface area contributed by atoms with Crippen LogP contribution in [0.5, 0.6) is 0 Å². The van der Waals surface area contributed by atoms with Gasteiger partial charge >= 0.3 is 12.0 Å². The molecule has 0 bridgehead atoms. The summed E-state index contributed by atoms with van der Waals surface area (Å²) in [6.07, 6.45) is 2.96. The largest absolute Gasteiger partial charge is 0.476 e. The number of aromatic carboxylic acids is 1. The lowest BCUT2D eigenvalue weighted by atomic mass is 10.2. The quantitative estimate of drug-likeness (QED) is 0.839. The zero-order valence-corrected chi connectivity index (χ0v) is 12.4. The van der Waals surface area contributed by atoms with Crippen LogP contribution in [0.1, 0.15) is 35.3 Å². The van der Waals surface area contributed by atoms with E-state index in [2.05, 4.69) is 17.2 Å². The van der Waals surface area contributed by atoms with Crippen LogP contribution in [0.4, 0.5) is 4.79 Å². The van der Waals surface area contributed by atoms with Crippen molar-refractivity contribution < 1.29 is 14.7 Å². The van der Waals surface area contributed by atoms with Crippen LogP contribution >= 0.6 is 11.3 Å². The highest BCUT2D eigenvalue weighted by Gasteiger charge is 2.32. The van der Waals surface area contributed by atoms with Crippen molar-refractivity contribution in [3.8, 4) is 0 Å². The Morgan fingerprint density at radius 2 is 2.30 bits per heavy atom. The van der Waals surface area contributed by atoms with Gasteiger partial charge in [-0.2, -0.15) is 0 Å². The third-order valence-electron chi connectivity index (χ3n) is 3.62. The van der Waals surface area contributed by atoms with Gasteiger partial charge in [0.15, 0.2) is 5.69 Å². The predicted octanol–water partition coefficient (Wildman–Crippen LogP) is 1.82. The minimum absolute atomic E-state index is 0.0656. The lowest BCUT2D eigenvalue weighted by Crippen LogP contribution is -2.43. The van der Waals surface area contributed by atoms with Crippen LogP contribution in [0.25, 0.3) is 0 Å². The molecular weight excluding hydrogens is 278 g/mol. The molecule has 1 aromatic rings. The Bertz CT molecular complexity index is 499. The Labute approximate surface area is 121 Å². The van der Waals surface area contributed by atoms with Crippen LogP contribution in [-0.2, 0) is 6.42 Å². The van der Waals surface area contributed by atoms with Gasteiger partial charge in [0, 0.05) is 31.4 Å². The number of urea groups is 1. The zero-order chi connectivity index (χ0) is 14.7. The number of carbonyl (C=O) groups is 2. The van der Waals surface area contributed by atoms with Crippen molar-refractivity contribution in [2.24, 2.45) is 5.92 Å². The maximum Gasteiger partial charge on any atom is 0.355 e. The molecule has 0 saturated heterocycles. The molecule has 110 valence electrons. The summed E-state index contributed by atoms with van der Waals surface area (Å²) in [5.74, 6) is -0.377. The average molecular weight is 297 g/mol. The molecule has 0 radical (unpaired) electrons. The Balaban J connectivity index is 1.74. The highest BCUT2D eigenvalue weighted by Crippen LogP contribution is 2.34. The number of carboxylic acids is 1. The molecule has 2 amide bonds. The molecule has 1 aliphatic carbocycles. The first-order valence-electron chi connectivity index (χ1n) is 6.67. The first-order valence-corrected chi connectivity index (χ1v) is 7.55. The van der Waals surface area contributed by atoms with E-state index in [0.29, 0.717) is 18.9 Å². The number of nitrogens with zero attached hydrogens (tertiary/aromatic N) is 2. The van der Waals surface area contributed by atoms with Gasteiger partial charge in [-0.3, -0.25) is 0 Å². The van der Waals surface area contributed by atoms with E-state index >= 15 is 0 Å². The molecule has 6 nitrogen and oxygen atoms in total. The van der Waals surface area contributed by atoms with Crippen molar-refractivity contribution in [2.45, 2.75) is 32.2 Å². The van der Waals surface area contributed by atoms with Crippen LogP contribution in [0.2, 0.25) is 0 Å². The van der Waals surface area contributed by atoms with E-state index in [9.17, 15) is 9.59 Å². The maximum atomic E-state index is 11.9. The number of hydrogen-bond donors (Lipinski definition) is 2. The second-order valence-corrected chi connectivity index (χ2v) is 6.05. The molecule has 2 N–H and O–H groups in total. The van der Waals surface area contributed by atoms with Crippen molar-refractivity contribution in [2.75, 3.05) is 13.6 Å². The lowest BCUT2D eigenvalue weighted by Gasteiger charge is -2.25. The SMILES string of the molecule is CC(C1CC1)N(C)C(=O)NCCc1nc(C(=O)O)cs1. The van der Waals surface area contributed by atoms with Gasteiger partial charge in [0.1, 0.15) is 0 Å². The van der Waals surface area contributed by atoms with E-state index in [1.54, 1.807) is 4.90 Å². The molecule has 0 aromatic carbocycles. The predicted molar refractivity (Wildman–Crippen MR) is 76.1 cm³/mol. The van der Waals surface area contributed by atoms with E-state index in [4.69, 9.17) is 5.11 Å². The summed E-state index contributed by atoms with van der Waals surface area (Å²) < 4.78 is 0. The summed E-state index contributed by atoms with van der Waals surface area (Å²) in [5, 5.41) is 13.8. The average Bonchev–Trinajstić information content (AvgIpc) is 3.16. The topological polar surface area (TPSA) is 82.5 Å². The van der Waals surface area contributed by atoms with Crippen molar-refractivity contribution in [3.05, 3.63) is 16.1 Å². The molecule has 1 saturated carbocycles. The van der Waals surface area contributed by atoms with Gasteiger partial charge < -0.3 is 15.3 Å². The van der Waals surface area contributed by atoms with Gasteiger partial charge in [-0.15, -0.1) is 11.3 Å². The molecule has 20 heavy (non-hydrogen) atoms. The number of nitrogens with one attached hydrogen (secondary N) is 1. The molecule has 0 aliphatic heterocycles. The number of thiazole rings is 1. The summed E-state index contributed by atoms with van der Waals surface area (Å²) in [5.41, 5.74) is 0.0656. The fourth-order valence-corrected chi connectivity index (χ4v) is 2.78. The fraction of sp³-hybridized carbons (Fsp3) is 0.615. The Hall–Kier alpha value is -1.63. The highest BCUT2D eigenvalue weighted by molar-refractivity contribution is 7.09. The minimum Gasteiger partial charge on any atom is -0.476 e. The fourth-order valence-electron chi connectivity index (χ4n) is 2.00. The number of carbonyl (C=O) groups excluding carboxylic acids is 1. The first-order chi connectivity index (χ1) is 9.49. The molecular formula is C13H19N3O3S. The number of hydrogen-bond acceptors (Lipinski definition) is 4. The van der Waals surface area contributed by atoms with Crippen LogP contribution < -0.4 is 5.32 Å². The third-order valence-corrected chi connectivity index (χ3v) is 4.53. The lowest BCUT2D eigenvalue weighted by molar-refractivity contribution is 0.0691. The van der Waals surface area contributed by atoms with Gasteiger partial charge in [-0.25, -0.2) is 14.6 Å². The number of carboxylic acid groups (broad SMARTS) is 1. The number of rotatable bonds is 6. The molecule has 1 aromatic heterocycles. The number of aromatic nitrogens is 1. The van der Waals surface area contributed by atoms with Crippen LogP contribution in [-0.4, -0.2) is 46.6 Å². The van der Waals surface area contributed by atoms with Gasteiger partial charge in [-0.1, -0.05) is 0 Å². The van der Waals surface area contributed by atoms with E-state index in [0.717, 1.165) is 5.01 Å². The molecule has 1 heterocycles. The van der Waals surface area contributed by atoms with Gasteiger partial charge in [0.25, 0.3) is 0 Å². The monoisotopic (exact) mass is 297 g/mol. The van der Waals surface area contributed by atoms with Gasteiger partial charge in [-0.05, 0) is 25.7 Å². The Kier molecular flexibility index (Phi) is 4.59. The number of amides is 2. The molecule has 0 spiro atoms. The second kappa shape index (κ2) is 6.21. The zero-order valence-electron chi connectivity index (χ0n) is 11.6. The van der Waals surface area contributed by atoms with Crippen molar-refractivity contribution in [1.82, 2.24) is 15.2 Å².